The van der Waals surface area contributed by atoms with E-state index < -0.39 is 0 Å². The van der Waals surface area contributed by atoms with Crippen LogP contribution in [0.1, 0.15) is 11.1 Å². The van der Waals surface area contributed by atoms with E-state index in [0.29, 0.717) is 11.1 Å². The summed E-state index contributed by atoms with van der Waals surface area (Å²) >= 11 is 0. The summed E-state index contributed by atoms with van der Waals surface area (Å²) < 4.78 is 6.92. The second-order valence-electron chi connectivity index (χ2n) is 14.0. The Labute approximate surface area is 316 Å². The highest BCUT2D eigenvalue weighted by molar-refractivity contribution is 6.16. The van der Waals surface area contributed by atoms with E-state index in [1.54, 1.807) is 0 Å². The Bertz CT molecular complexity index is 3400. The minimum atomic E-state index is 0.585. The lowest BCUT2D eigenvalue weighted by atomic mass is 9.99. The highest BCUT2D eigenvalue weighted by Crippen LogP contribution is 2.43. The van der Waals surface area contributed by atoms with Crippen molar-refractivity contribution >= 4 is 65.4 Å². The fourth-order valence-electron chi connectivity index (χ4n) is 8.81. The molecule has 0 unspecified atom stereocenters. The van der Waals surface area contributed by atoms with E-state index in [-0.39, 0.29) is 0 Å². The van der Waals surface area contributed by atoms with Gasteiger partial charge in [0, 0.05) is 43.6 Å². The molecule has 3 aromatic heterocycles. The SMILES string of the molecule is N#Cc1ccc2c(c1)c1ccccc1n2-c1cccc2c3ccccc3n(-c3c(C#N)cccc3-c3ccc(-n4c5ccccc5c5ccccc54)cc3)c12. The van der Waals surface area contributed by atoms with E-state index in [9.17, 15) is 10.5 Å². The first-order chi connectivity index (χ1) is 27.2. The lowest BCUT2D eigenvalue weighted by Crippen LogP contribution is -2.04. The number of aromatic nitrogens is 3. The van der Waals surface area contributed by atoms with Crippen molar-refractivity contribution in [2.24, 2.45) is 0 Å². The summed E-state index contributed by atoms with van der Waals surface area (Å²) in [5.41, 5.74) is 12.5. The first kappa shape index (κ1) is 30.7. The lowest BCUT2D eigenvalue weighted by Gasteiger charge is -2.18. The van der Waals surface area contributed by atoms with E-state index in [4.69, 9.17) is 0 Å². The molecule has 0 atom stereocenters. The summed E-state index contributed by atoms with van der Waals surface area (Å²) in [5, 5.41) is 27.3. The second-order valence-corrected chi connectivity index (χ2v) is 14.0. The summed E-state index contributed by atoms with van der Waals surface area (Å²) in [6.45, 7) is 0. The molecule has 5 heteroatoms. The van der Waals surface area contributed by atoms with Crippen molar-refractivity contribution in [2.45, 2.75) is 0 Å². The van der Waals surface area contributed by atoms with Crippen molar-refractivity contribution in [3.05, 3.63) is 187 Å². The van der Waals surface area contributed by atoms with Crippen LogP contribution in [0.4, 0.5) is 0 Å². The van der Waals surface area contributed by atoms with Crippen molar-refractivity contribution in [1.82, 2.24) is 13.7 Å². The predicted octanol–water partition coefficient (Wildman–Crippen LogP) is 12.4. The van der Waals surface area contributed by atoms with Crippen molar-refractivity contribution < 1.29 is 0 Å². The molecule has 0 aliphatic heterocycles. The first-order valence-electron chi connectivity index (χ1n) is 18.3. The predicted molar refractivity (Wildman–Crippen MR) is 224 cm³/mol. The zero-order valence-electron chi connectivity index (χ0n) is 29.5. The van der Waals surface area contributed by atoms with Crippen molar-refractivity contribution in [1.29, 1.82) is 10.5 Å². The Hall–Kier alpha value is -7.86. The maximum absolute atomic E-state index is 10.8. The Kier molecular flexibility index (Phi) is 6.61. The number of hydrogen-bond donors (Lipinski definition) is 0. The Morgan fingerprint density at radius 2 is 0.909 bits per heavy atom. The van der Waals surface area contributed by atoms with Gasteiger partial charge in [-0.15, -0.1) is 0 Å². The molecule has 0 radical (unpaired) electrons. The number of para-hydroxylation sites is 6. The Morgan fingerprint density at radius 1 is 0.382 bits per heavy atom. The van der Waals surface area contributed by atoms with Crippen LogP contribution in [-0.2, 0) is 0 Å². The van der Waals surface area contributed by atoms with E-state index in [1.807, 2.05) is 36.4 Å². The third-order valence-corrected chi connectivity index (χ3v) is 11.1. The third-order valence-electron chi connectivity index (χ3n) is 11.1. The van der Waals surface area contributed by atoms with Crippen LogP contribution < -0.4 is 0 Å². The summed E-state index contributed by atoms with van der Waals surface area (Å²) in [5.74, 6) is 0. The van der Waals surface area contributed by atoms with Gasteiger partial charge in [0.1, 0.15) is 6.07 Å². The number of rotatable bonds is 4. The Balaban J connectivity index is 1.19. The van der Waals surface area contributed by atoms with Crippen LogP contribution in [0.3, 0.4) is 0 Å². The largest absolute Gasteiger partial charge is 0.309 e. The molecule has 0 aliphatic carbocycles. The summed E-state index contributed by atoms with van der Waals surface area (Å²) in [7, 11) is 0. The molecule has 0 fully saturated rings. The van der Waals surface area contributed by atoms with Crippen LogP contribution in [0, 0.1) is 22.7 Å². The standard InChI is InChI=1S/C50H29N5/c51-30-32-23-28-47-42(29-32)40-15-4-7-20-45(40)54(47)48-22-10-17-41-39-14-3-8-21-46(39)55(50(41)48)49-34(31-52)11-9-16-36(49)33-24-26-35(27-25-33)53-43-18-5-1-12-37(43)38-13-2-6-19-44(38)53/h1-29H. The fourth-order valence-corrected chi connectivity index (χ4v) is 8.81. The van der Waals surface area contributed by atoms with Gasteiger partial charge in [0.15, 0.2) is 0 Å². The normalized spacial score (nSPS) is 11.6. The van der Waals surface area contributed by atoms with Gasteiger partial charge in [-0.2, -0.15) is 10.5 Å². The summed E-state index contributed by atoms with van der Waals surface area (Å²) in [6, 6.07) is 65.9. The molecule has 0 spiro atoms. The minimum absolute atomic E-state index is 0.585. The van der Waals surface area contributed by atoms with Gasteiger partial charge in [0.05, 0.1) is 61.7 Å². The minimum Gasteiger partial charge on any atom is -0.309 e. The average molecular weight is 700 g/mol. The van der Waals surface area contributed by atoms with Crippen LogP contribution in [0.5, 0.6) is 0 Å². The summed E-state index contributed by atoms with van der Waals surface area (Å²) in [4.78, 5) is 0. The fraction of sp³-hybridized carbons (Fsp3) is 0. The highest BCUT2D eigenvalue weighted by atomic mass is 15.1. The maximum Gasteiger partial charge on any atom is 0.101 e. The molecular weight excluding hydrogens is 671 g/mol. The van der Waals surface area contributed by atoms with Gasteiger partial charge in [-0.05, 0) is 72.3 Å². The molecule has 0 amide bonds. The van der Waals surface area contributed by atoms with Gasteiger partial charge in [0.2, 0.25) is 0 Å². The molecule has 8 aromatic carbocycles. The van der Waals surface area contributed by atoms with Crippen LogP contribution in [-0.4, -0.2) is 13.7 Å². The van der Waals surface area contributed by atoms with Gasteiger partial charge in [-0.25, -0.2) is 0 Å². The van der Waals surface area contributed by atoms with Crippen molar-refractivity contribution in [3.8, 4) is 40.3 Å². The zero-order valence-corrected chi connectivity index (χ0v) is 29.5. The molecule has 3 heterocycles. The van der Waals surface area contributed by atoms with Crippen LogP contribution in [0.25, 0.3) is 93.6 Å². The number of nitriles is 2. The van der Waals surface area contributed by atoms with E-state index in [0.717, 1.165) is 82.8 Å². The lowest BCUT2D eigenvalue weighted by molar-refractivity contribution is 1.12. The number of fused-ring (bicyclic) bond motifs is 9. The molecule has 55 heavy (non-hydrogen) atoms. The van der Waals surface area contributed by atoms with Crippen LogP contribution in [0.15, 0.2) is 176 Å². The molecule has 0 N–H and O–H groups in total. The van der Waals surface area contributed by atoms with Gasteiger partial charge < -0.3 is 13.7 Å². The second kappa shape index (κ2) is 11.8. The van der Waals surface area contributed by atoms with Gasteiger partial charge in [0.25, 0.3) is 0 Å². The molecule has 0 saturated carbocycles. The highest BCUT2D eigenvalue weighted by Gasteiger charge is 2.23. The van der Waals surface area contributed by atoms with E-state index in [1.165, 1.54) is 10.8 Å². The molecule has 11 aromatic rings. The smallest absolute Gasteiger partial charge is 0.101 e. The van der Waals surface area contributed by atoms with Crippen molar-refractivity contribution in [2.75, 3.05) is 0 Å². The van der Waals surface area contributed by atoms with Gasteiger partial charge >= 0.3 is 0 Å². The molecule has 5 nitrogen and oxygen atoms in total. The maximum atomic E-state index is 10.8. The number of benzene rings is 8. The first-order valence-corrected chi connectivity index (χ1v) is 18.3. The van der Waals surface area contributed by atoms with Crippen LogP contribution in [0.2, 0.25) is 0 Å². The number of nitrogens with zero attached hydrogens (tertiary/aromatic N) is 5. The monoisotopic (exact) mass is 699 g/mol. The van der Waals surface area contributed by atoms with Gasteiger partial charge in [-0.3, -0.25) is 0 Å². The van der Waals surface area contributed by atoms with Crippen LogP contribution >= 0.6 is 0 Å². The molecule has 254 valence electrons. The average Bonchev–Trinajstić information content (AvgIpc) is 3.89. The molecule has 11 rings (SSSR count). The Morgan fingerprint density at radius 3 is 1.55 bits per heavy atom. The van der Waals surface area contributed by atoms with Gasteiger partial charge in [-0.1, -0.05) is 109 Å². The summed E-state index contributed by atoms with van der Waals surface area (Å²) in [6.07, 6.45) is 0. The third kappa shape index (κ3) is 4.39. The number of hydrogen-bond acceptors (Lipinski definition) is 2. The van der Waals surface area contributed by atoms with E-state index in [2.05, 4.69) is 165 Å². The molecule has 0 saturated heterocycles. The molecular formula is C50H29N5. The quantitative estimate of drug-likeness (QED) is 0.184. The van der Waals surface area contributed by atoms with E-state index >= 15 is 0 Å². The topological polar surface area (TPSA) is 62.4 Å². The molecule has 0 aliphatic rings. The molecule has 0 bridgehead atoms. The zero-order chi connectivity index (χ0) is 36.6. The van der Waals surface area contributed by atoms with Crippen molar-refractivity contribution in [3.63, 3.8) is 0 Å².